The van der Waals surface area contributed by atoms with Crippen LogP contribution in [0, 0.1) is 0 Å². The first-order valence-electron chi connectivity index (χ1n) is 4.22. The highest BCUT2D eigenvalue weighted by Gasteiger charge is 2.25. The number of rotatable bonds is 1. The average molecular weight is 175 g/mol. The summed E-state index contributed by atoms with van der Waals surface area (Å²) >= 11 is 0. The Kier molecular flexibility index (Phi) is 1.85. The zero-order chi connectivity index (χ0) is 9.26. The summed E-state index contributed by atoms with van der Waals surface area (Å²) < 4.78 is 0. The molecular weight excluding hydrogens is 166 g/mol. The fourth-order valence-electron chi connectivity index (χ4n) is 1.42. The van der Waals surface area contributed by atoms with E-state index >= 15 is 0 Å². The maximum absolute atomic E-state index is 11.2. The van der Waals surface area contributed by atoms with Crippen LogP contribution >= 0.6 is 0 Å². The van der Waals surface area contributed by atoms with Crippen LogP contribution in [0.5, 0.6) is 0 Å². The van der Waals surface area contributed by atoms with Crippen molar-refractivity contribution in [3.63, 3.8) is 0 Å². The Labute approximate surface area is 76.0 Å². The normalized spacial score (nSPS) is 21.2. The Balaban J connectivity index is 2.26. The van der Waals surface area contributed by atoms with E-state index in [1.54, 1.807) is 0 Å². The first-order valence-corrected chi connectivity index (χ1v) is 4.22. The lowest BCUT2D eigenvalue weighted by molar-refractivity contribution is -0.134. The average Bonchev–Trinajstić information content (AvgIpc) is 2.48. The predicted octanol–water partition coefficient (Wildman–Crippen LogP) is 1.15. The number of allylic oxidation sites excluding steroid dienone is 3. The minimum absolute atomic E-state index is 0.247. The molecule has 0 aromatic rings. The van der Waals surface area contributed by atoms with Gasteiger partial charge in [0.05, 0.1) is 0 Å². The molecule has 0 aromatic carbocycles. The highest BCUT2D eigenvalue weighted by atomic mass is 16.2. The molecule has 0 spiro atoms. The number of hydrogen-bond donors (Lipinski definition) is 0. The Morgan fingerprint density at radius 2 is 1.69 bits per heavy atom. The zero-order valence-electron chi connectivity index (χ0n) is 7.06. The second-order valence-corrected chi connectivity index (χ2v) is 2.95. The van der Waals surface area contributed by atoms with Gasteiger partial charge >= 0.3 is 0 Å². The van der Waals surface area contributed by atoms with Gasteiger partial charge in [0, 0.05) is 17.8 Å². The van der Waals surface area contributed by atoms with Crippen molar-refractivity contribution in [2.75, 3.05) is 0 Å². The summed E-state index contributed by atoms with van der Waals surface area (Å²) in [6.45, 7) is 0. The highest BCUT2D eigenvalue weighted by molar-refractivity contribution is 6.14. The van der Waals surface area contributed by atoms with Gasteiger partial charge in [-0.1, -0.05) is 12.2 Å². The molecular formula is C10H9NO2. The van der Waals surface area contributed by atoms with Crippen LogP contribution in [-0.4, -0.2) is 16.7 Å². The molecule has 3 nitrogen and oxygen atoms in total. The number of carbonyl (C=O) groups is 2. The summed E-state index contributed by atoms with van der Waals surface area (Å²) in [4.78, 5) is 23.6. The molecule has 1 aliphatic carbocycles. The van der Waals surface area contributed by atoms with E-state index < -0.39 is 0 Å². The van der Waals surface area contributed by atoms with Crippen LogP contribution in [0.2, 0.25) is 0 Å². The van der Waals surface area contributed by atoms with Gasteiger partial charge in [0.25, 0.3) is 11.8 Å². The third-order valence-electron chi connectivity index (χ3n) is 2.04. The summed E-state index contributed by atoms with van der Waals surface area (Å²) in [7, 11) is 0. The Morgan fingerprint density at radius 1 is 1.00 bits per heavy atom. The van der Waals surface area contributed by atoms with Gasteiger partial charge in [-0.2, -0.15) is 0 Å². The maximum atomic E-state index is 11.2. The summed E-state index contributed by atoms with van der Waals surface area (Å²) in [5, 5.41) is 0. The lowest BCUT2D eigenvalue weighted by atomic mass is 10.1. The van der Waals surface area contributed by atoms with Gasteiger partial charge in [0.15, 0.2) is 0 Å². The summed E-state index contributed by atoms with van der Waals surface area (Å²) in [6, 6.07) is 0. The standard InChI is InChI=1S/C10H9NO2/c12-9-6-7-10(13)11(9)8-4-2-1-3-5-8/h2,4-7H,1,3H2. The predicted molar refractivity (Wildman–Crippen MR) is 47.5 cm³/mol. The lowest BCUT2D eigenvalue weighted by Gasteiger charge is -2.16. The molecule has 0 radical (unpaired) electrons. The van der Waals surface area contributed by atoms with Crippen LogP contribution in [0.3, 0.4) is 0 Å². The van der Waals surface area contributed by atoms with Crippen LogP contribution in [0.1, 0.15) is 12.8 Å². The number of nitrogens with zero attached hydrogens (tertiary/aromatic N) is 1. The van der Waals surface area contributed by atoms with Crippen molar-refractivity contribution < 1.29 is 9.59 Å². The van der Waals surface area contributed by atoms with E-state index in [0.717, 1.165) is 12.8 Å². The van der Waals surface area contributed by atoms with Gasteiger partial charge in [-0.3, -0.25) is 9.59 Å². The molecule has 2 rings (SSSR count). The smallest absolute Gasteiger partial charge is 0.258 e. The van der Waals surface area contributed by atoms with Crippen LogP contribution in [0.4, 0.5) is 0 Å². The van der Waals surface area contributed by atoms with Gasteiger partial charge in [-0.05, 0) is 18.9 Å². The first kappa shape index (κ1) is 7.98. The van der Waals surface area contributed by atoms with Crippen molar-refractivity contribution in [3.8, 4) is 0 Å². The molecule has 1 aliphatic heterocycles. The molecule has 0 saturated heterocycles. The van der Waals surface area contributed by atoms with E-state index in [9.17, 15) is 9.59 Å². The number of amides is 2. The van der Waals surface area contributed by atoms with Gasteiger partial charge in [-0.15, -0.1) is 0 Å². The largest absolute Gasteiger partial charge is 0.269 e. The summed E-state index contributed by atoms with van der Waals surface area (Å²) in [6.07, 6.45) is 10.1. The fraction of sp³-hybridized carbons (Fsp3) is 0.200. The third-order valence-corrected chi connectivity index (χ3v) is 2.04. The molecule has 2 amide bonds. The number of hydrogen-bond acceptors (Lipinski definition) is 2. The molecule has 2 aliphatic rings. The van der Waals surface area contributed by atoms with Crippen molar-refractivity contribution in [1.29, 1.82) is 0 Å². The second kappa shape index (κ2) is 3.01. The first-order chi connectivity index (χ1) is 6.29. The highest BCUT2D eigenvalue weighted by Crippen LogP contribution is 2.18. The van der Waals surface area contributed by atoms with Gasteiger partial charge in [0.1, 0.15) is 0 Å². The van der Waals surface area contributed by atoms with E-state index in [0.29, 0.717) is 5.70 Å². The van der Waals surface area contributed by atoms with Crippen molar-refractivity contribution in [2.24, 2.45) is 0 Å². The number of imide groups is 1. The van der Waals surface area contributed by atoms with Crippen molar-refractivity contribution in [3.05, 3.63) is 36.1 Å². The molecule has 1 heterocycles. The molecule has 0 N–H and O–H groups in total. The van der Waals surface area contributed by atoms with Crippen LogP contribution < -0.4 is 0 Å². The minimum Gasteiger partial charge on any atom is -0.269 e. The molecule has 0 unspecified atom stereocenters. The van der Waals surface area contributed by atoms with E-state index in [1.165, 1.54) is 17.1 Å². The van der Waals surface area contributed by atoms with Crippen molar-refractivity contribution in [1.82, 2.24) is 4.90 Å². The topological polar surface area (TPSA) is 37.4 Å². The minimum atomic E-state index is -0.247. The van der Waals surface area contributed by atoms with Gasteiger partial charge < -0.3 is 0 Å². The Hall–Kier alpha value is -1.64. The SMILES string of the molecule is O=C1C=CC(=O)N1C1=CCCC=C1. The van der Waals surface area contributed by atoms with E-state index in [-0.39, 0.29) is 11.8 Å². The van der Waals surface area contributed by atoms with Crippen LogP contribution in [0.15, 0.2) is 36.1 Å². The lowest BCUT2D eigenvalue weighted by Crippen LogP contribution is -2.28. The molecule has 13 heavy (non-hydrogen) atoms. The van der Waals surface area contributed by atoms with Crippen LogP contribution in [-0.2, 0) is 9.59 Å². The molecule has 3 heteroatoms. The van der Waals surface area contributed by atoms with Crippen LogP contribution in [0.25, 0.3) is 0 Å². The van der Waals surface area contributed by atoms with E-state index in [2.05, 4.69) is 0 Å². The monoisotopic (exact) mass is 175 g/mol. The summed E-state index contributed by atoms with van der Waals surface area (Å²) in [5.74, 6) is -0.495. The van der Waals surface area contributed by atoms with Crippen molar-refractivity contribution in [2.45, 2.75) is 12.8 Å². The maximum Gasteiger partial charge on any atom is 0.258 e. The van der Waals surface area contributed by atoms with E-state index in [4.69, 9.17) is 0 Å². The van der Waals surface area contributed by atoms with Gasteiger partial charge in [-0.25, -0.2) is 4.90 Å². The molecule has 0 saturated carbocycles. The zero-order valence-corrected chi connectivity index (χ0v) is 7.06. The number of carbonyl (C=O) groups excluding carboxylic acids is 2. The molecule has 0 fully saturated rings. The Bertz CT molecular complexity index is 332. The Morgan fingerprint density at radius 3 is 2.23 bits per heavy atom. The summed E-state index contributed by atoms with van der Waals surface area (Å²) in [5.41, 5.74) is 0.700. The molecule has 0 aromatic heterocycles. The van der Waals surface area contributed by atoms with Gasteiger partial charge in [0.2, 0.25) is 0 Å². The second-order valence-electron chi connectivity index (χ2n) is 2.95. The van der Waals surface area contributed by atoms with E-state index in [1.807, 2.05) is 18.2 Å². The molecule has 0 bridgehead atoms. The van der Waals surface area contributed by atoms with Crippen molar-refractivity contribution >= 4 is 11.8 Å². The quantitative estimate of drug-likeness (QED) is 0.560. The molecule has 0 atom stereocenters. The molecule has 66 valence electrons. The third kappa shape index (κ3) is 1.33. The fourth-order valence-corrected chi connectivity index (χ4v) is 1.42.